The van der Waals surface area contributed by atoms with E-state index in [0.717, 1.165) is 10.0 Å². The largest absolute Gasteiger partial charge is 0.491 e. The Morgan fingerprint density at radius 3 is 2.79 bits per heavy atom. The van der Waals surface area contributed by atoms with Gasteiger partial charge in [0.1, 0.15) is 5.82 Å². The lowest BCUT2D eigenvalue weighted by atomic mass is 10.2. The zero-order valence-electron chi connectivity index (χ0n) is 10.7. The van der Waals surface area contributed by atoms with Gasteiger partial charge >= 0.3 is 0 Å². The highest BCUT2D eigenvalue weighted by Gasteiger charge is 2.06. The molecule has 1 heterocycles. The average Bonchev–Trinajstić information content (AvgIpc) is 2.36. The van der Waals surface area contributed by atoms with Crippen LogP contribution in [0.15, 0.2) is 34.9 Å². The molecule has 0 unspecified atom stereocenters. The summed E-state index contributed by atoms with van der Waals surface area (Å²) in [6.45, 7) is 4.21. The molecular weight excluding hydrogens is 311 g/mol. The average molecular weight is 325 g/mol. The first-order valence-electron chi connectivity index (χ1n) is 5.91. The quantitative estimate of drug-likeness (QED) is 0.903. The normalized spacial score (nSPS) is 10.3. The molecule has 0 bridgehead atoms. The fraction of sp³-hybridized carbons (Fsp3) is 0.214. The molecule has 0 aliphatic heterocycles. The molecule has 2 aromatic rings. The number of ether oxygens (including phenoxy) is 1. The lowest BCUT2D eigenvalue weighted by molar-refractivity contribution is 0.321. The van der Waals surface area contributed by atoms with Gasteiger partial charge in [0.25, 0.3) is 0 Å². The van der Waals surface area contributed by atoms with Crippen LogP contribution >= 0.6 is 15.9 Å². The molecule has 0 saturated heterocycles. The highest BCUT2D eigenvalue weighted by molar-refractivity contribution is 9.10. The van der Waals surface area contributed by atoms with Crippen LogP contribution in [0.1, 0.15) is 12.5 Å². The molecule has 100 valence electrons. The topological polar surface area (TPSA) is 34.1 Å². The third-order valence-electron chi connectivity index (χ3n) is 2.47. The van der Waals surface area contributed by atoms with E-state index in [1.807, 2.05) is 19.9 Å². The van der Waals surface area contributed by atoms with E-state index < -0.39 is 5.82 Å². The first-order chi connectivity index (χ1) is 9.10. The van der Waals surface area contributed by atoms with Gasteiger partial charge in [0.05, 0.1) is 11.1 Å². The maximum absolute atomic E-state index is 13.7. The summed E-state index contributed by atoms with van der Waals surface area (Å²) in [5.74, 6) is 0.508. The highest BCUT2D eigenvalue weighted by Crippen LogP contribution is 2.27. The SMILES string of the molecule is CCOc1ccc(Nc2ncc(C)cc2Br)cc1F. The van der Waals surface area contributed by atoms with Crippen LogP contribution in [0.25, 0.3) is 0 Å². The predicted octanol–water partition coefficient (Wildman–Crippen LogP) is 4.43. The summed E-state index contributed by atoms with van der Waals surface area (Å²) in [5, 5.41) is 3.06. The molecule has 0 saturated carbocycles. The third-order valence-corrected chi connectivity index (χ3v) is 3.08. The van der Waals surface area contributed by atoms with Crippen molar-refractivity contribution in [3.63, 3.8) is 0 Å². The number of halogens is 2. The van der Waals surface area contributed by atoms with E-state index in [9.17, 15) is 4.39 Å². The van der Waals surface area contributed by atoms with E-state index in [0.29, 0.717) is 18.1 Å². The molecule has 0 radical (unpaired) electrons. The summed E-state index contributed by atoms with van der Waals surface area (Å²) in [4.78, 5) is 4.25. The molecule has 1 aromatic heterocycles. The molecule has 0 aliphatic carbocycles. The zero-order chi connectivity index (χ0) is 13.8. The minimum absolute atomic E-state index is 0.254. The van der Waals surface area contributed by atoms with Crippen LogP contribution in [0, 0.1) is 12.7 Å². The van der Waals surface area contributed by atoms with E-state index in [2.05, 4.69) is 26.2 Å². The first kappa shape index (κ1) is 13.8. The Bertz CT molecular complexity index is 590. The number of hydrogen-bond donors (Lipinski definition) is 1. The van der Waals surface area contributed by atoms with E-state index >= 15 is 0 Å². The van der Waals surface area contributed by atoms with Crippen molar-refractivity contribution in [3.8, 4) is 5.75 Å². The molecule has 3 nitrogen and oxygen atoms in total. The van der Waals surface area contributed by atoms with E-state index in [4.69, 9.17) is 4.74 Å². The molecule has 1 N–H and O–H groups in total. The Morgan fingerprint density at radius 1 is 1.37 bits per heavy atom. The first-order valence-corrected chi connectivity index (χ1v) is 6.71. The molecular formula is C14H14BrFN2O. The summed E-state index contributed by atoms with van der Waals surface area (Å²) < 4.78 is 19.7. The number of rotatable bonds is 4. The van der Waals surface area contributed by atoms with Gasteiger partial charge in [0.15, 0.2) is 11.6 Å². The highest BCUT2D eigenvalue weighted by atomic mass is 79.9. The fourth-order valence-corrected chi connectivity index (χ4v) is 2.18. The summed E-state index contributed by atoms with van der Waals surface area (Å²) in [5.41, 5.74) is 1.67. The smallest absolute Gasteiger partial charge is 0.167 e. The summed E-state index contributed by atoms with van der Waals surface area (Å²) in [6, 6.07) is 6.69. The standard InChI is InChI=1S/C14H14BrFN2O/c1-3-19-13-5-4-10(7-12(13)16)18-14-11(15)6-9(2)8-17-14/h4-8H,3H2,1-2H3,(H,17,18). The van der Waals surface area contributed by atoms with Crippen LogP contribution in [0.2, 0.25) is 0 Å². The van der Waals surface area contributed by atoms with Gasteiger partial charge in [0.2, 0.25) is 0 Å². The number of aromatic nitrogens is 1. The lowest BCUT2D eigenvalue weighted by Gasteiger charge is -2.10. The van der Waals surface area contributed by atoms with Gasteiger partial charge in [-0.25, -0.2) is 9.37 Å². The van der Waals surface area contributed by atoms with Crippen LogP contribution in [0.5, 0.6) is 5.75 Å². The van der Waals surface area contributed by atoms with Crippen molar-refractivity contribution in [2.45, 2.75) is 13.8 Å². The number of hydrogen-bond acceptors (Lipinski definition) is 3. The number of nitrogens with zero attached hydrogens (tertiary/aromatic N) is 1. The van der Waals surface area contributed by atoms with Crippen LogP contribution < -0.4 is 10.1 Å². The van der Waals surface area contributed by atoms with Crippen LogP contribution in [0.4, 0.5) is 15.9 Å². The Morgan fingerprint density at radius 2 is 2.16 bits per heavy atom. The van der Waals surface area contributed by atoms with Crippen LogP contribution in [-0.4, -0.2) is 11.6 Å². The zero-order valence-corrected chi connectivity index (χ0v) is 12.3. The summed E-state index contributed by atoms with van der Waals surface area (Å²) >= 11 is 3.42. The minimum atomic E-state index is -0.393. The monoisotopic (exact) mass is 324 g/mol. The van der Waals surface area contributed by atoms with Crippen molar-refractivity contribution in [1.82, 2.24) is 4.98 Å². The number of nitrogens with one attached hydrogen (secondary N) is 1. The molecule has 19 heavy (non-hydrogen) atoms. The molecule has 1 aromatic carbocycles. The van der Waals surface area contributed by atoms with Crippen molar-refractivity contribution >= 4 is 27.4 Å². The van der Waals surface area contributed by atoms with Crippen LogP contribution in [-0.2, 0) is 0 Å². The number of pyridine rings is 1. The second-order valence-corrected chi connectivity index (χ2v) is 4.90. The maximum Gasteiger partial charge on any atom is 0.167 e. The molecule has 5 heteroatoms. The predicted molar refractivity (Wildman–Crippen MR) is 77.5 cm³/mol. The van der Waals surface area contributed by atoms with E-state index in [-0.39, 0.29) is 5.75 Å². The van der Waals surface area contributed by atoms with E-state index in [1.54, 1.807) is 18.3 Å². The molecule has 0 aliphatic rings. The Kier molecular flexibility index (Phi) is 4.37. The maximum atomic E-state index is 13.7. The van der Waals surface area contributed by atoms with Gasteiger partial charge in [-0.2, -0.15) is 0 Å². The third kappa shape index (κ3) is 3.44. The van der Waals surface area contributed by atoms with Crippen molar-refractivity contribution < 1.29 is 9.13 Å². The van der Waals surface area contributed by atoms with Crippen molar-refractivity contribution in [2.24, 2.45) is 0 Å². The van der Waals surface area contributed by atoms with Crippen molar-refractivity contribution in [1.29, 1.82) is 0 Å². The van der Waals surface area contributed by atoms with Crippen molar-refractivity contribution in [3.05, 3.63) is 46.3 Å². The van der Waals surface area contributed by atoms with Gasteiger partial charge < -0.3 is 10.1 Å². The second kappa shape index (κ2) is 6.02. The van der Waals surface area contributed by atoms with Gasteiger partial charge in [-0.05, 0) is 53.5 Å². The Balaban J connectivity index is 2.21. The Labute approximate surface area is 119 Å². The fourth-order valence-electron chi connectivity index (χ4n) is 1.61. The molecule has 0 amide bonds. The Hall–Kier alpha value is -1.62. The molecule has 2 rings (SSSR count). The molecule has 0 fully saturated rings. The van der Waals surface area contributed by atoms with Gasteiger partial charge in [-0.1, -0.05) is 0 Å². The van der Waals surface area contributed by atoms with E-state index in [1.165, 1.54) is 6.07 Å². The number of anilines is 2. The minimum Gasteiger partial charge on any atom is -0.491 e. The molecule has 0 atom stereocenters. The van der Waals surface area contributed by atoms with Gasteiger partial charge in [-0.15, -0.1) is 0 Å². The number of benzene rings is 1. The summed E-state index contributed by atoms with van der Waals surface area (Å²) in [7, 11) is 0. The lowest BCUT2D eigenvalue weighted by Crippen LogP contribution is -1.98. The summed E-state index contributed by atoms with van der Waals surface area (Å²) in [6.07, 6.45) is 1.75. The van der Waals surface area contributed by atoms with Crippen LogP contribution in [0.3, 0.4) is 0 Å². The second-order valence-electron chi connectivity index (χ2n) is 4.05. The number of aryl methyl sites for hydroxylation is 1. The van der Waals surface area contributed by atoms with Crippen molar-refractivity contribution in [2.75, 3.05) is 11.9 Å². The van der Waals surface area contributed by atoms with Gasteiger partial charge in [0, 0.05) is 18.0 Å². The van der Waals surface area contributed by atoms with Gasteiger partial charge in [-0.3, -0.25) is 0 Å². The molecule has 0 spiro atoms.